The summed E-state index contributed by atoms with van der Waals surface area (Å²) in [7, 11) is 0. The summed E-state index contributed by atoms with van der Waals surface area (Å²) in [6.45, 7) is 0.835. The Bertz CT molecular complexity index is 655. The molecule has 1 fully saturated rings. The van der Waals surface area contributed by atoms with Gasteiger partial charge < -0.3 is 4.57 Å². The fourth-order valence-corrected chi connectivity index (χ4v) is 4.09. The summed E-state index contributed by atoms with van der Waals surface area (Å²) >= 11 is 3.68. The van der Waals surface area contributed by atoms with Crippen molar-refractivity contribution < 1.29 is 0 Å². The van der Waals surface area contributed by atoms with E-state index in [0.717, 1.165) is 22.6 Å². The molecule has 2 aromatic rings. The van der Waals surface area contributed by atoms with Crippen molar-refractivity contribution in [2.24, 2.45) is 5.41 Å². The van der Waals surface area contributed by atoms with Crippen molar-refractivity contribution in [1.29, 1.82) is 0 Å². The van der Waals surface area contributed by atoms with E-state index in [4.69, 9.17) is 0 Å². The Morgan fingerprint density at radius 2 is 1.85 bits per heavy atom. The van der Waals surface area contributed by atoms with E-state index in [1.54, 1.807) is 0 Å². The summed E-state index contributed by atoms with van der Waals surface area (Å²) in [5, 5.41) is 2.85. The molecule has 0 aliphatic heterocycles. The first-order chi connectivity index (χ1) is 9.74. The van der Waals surface area contributed by atoms with Gasteiger partial charge in [-0.3, -0.25) is 4.79 Å². The Kier molecular flexibility index (Phi) is 3.97. The van der Waals surface area contributed by atoms with Crippen LogP contribution in [0, 0.1) is 5.41 Å². The molecule has 0 amide bonds. The summed E-state index contributed by atoms with van der Waals surface area (Å²) in [6.07, 6.45) is 8.31. The topological polar surface area (TPSA) is 22.0 Å². The van der Waals surface area contributed by atoms with Gasteiger partial charge in [-0.2, -0.15) is 0 Å². The molecular weight excluding hydrogens is 314 g/mol. The van der Waals surface area contributed by atoms with E-state index in [1.807, 2.05) is 35.0 Å². The van der Waals surface area contributed by atoms with Crippen molar-refractivity contribution in [2.75, 3.05) is 5.33 Å². The van der Waals surface area contributed by atoms with Crippen LogP contribution in [0.5, 0.6) is 0 Å². The van der Waals surface area contributed by atoms with E-state index in [-0.39, 0.29) is 11.0 Å². The van der Waals surface area contributed by atoms with E-state index >= 15 is 0 Å². The number of halogens is 1. The van der Waals surface area contributed by atoms with Gasteiger partial charge in [-0.1, -0.05) is 53.4 Å². The molecule has 20 heavy (non-hydrogen) atoms. The number of rotatable bonds is 3. The molecule has 1 aliphatic carbocycles. The normalized spacial score (nSPS) is 18.2. The molecule has 3 heteroatoms. The molecule has 0 saturated heterocycles. The summed E-state index contributed by atoms with van der Waals surface area (Å²) < 4.78 is 1.91. The summed E-state index contributed by atoms with van der Waals surface area (Å²) in [4.78, 5) is 12.6. The number of aromatic nitrogens is 1. The number of hydrogen-bond donors (Lipinski definition) is 0. The Morgan fingerprint density at radius 3 is 2.60 bits per heavy atom. The molecule has 0 bridgehead atoms. The van der Waals surface area contributed by atoms with Gasteiger partial charge in [-0.15, -0.1) is 0 Å². The highest BCUT2D eigenvalue weighted by Crippen LogP contribution is 2.39. The van der Waals surface area contributed by atoms with E-state index < -0.39 is 0 Å². The highest BCUT2D eigenvalue weighted by atomic mass is 79.9. The molecule has 1 aromatic heterocycles. The lowest BCUT2D eigenvalue weighted by molar-refractivity contribution is 0.189. The predicted molar refractivity (Wildman–Crippen MR) is 87.5 cm³/mol. The number of fused-ring (bicyclic) bond motifs is 1. The van der Waals surface area contributed by atoms with Crippen LogP contribution in [0.15, 0.2) is 41.3 Å². The van der Waals surface area contributed by atoms with Crippen molar-refractivity contribution in [3.05, 3.63) is 46.9 Å². The van der Waals surface area contributed by atoms with E-state index in [2.05, 4.69) is 22.0 Å². The molecule has 1 heterocycles. The van der Waals surface area contributed by atoms with Crippen molar-refractivity contribution in [1.82, 2.24) is 4.57 Å². The van der Waals surface area contributed by atoms with E-state index in [1.165, 1.54) is 32.1 Å². The SMILES string of the molecule is O=c1c2ccccc2ccn1CC1(CBr)CCCCC1. The second-order valence-corrected chi connectivity index (χ2v) is 6.59. The molecule has 1 aliphatic rings. The lowest BCUT2D eigenvalue weighted by atomic mass is 9.75. The van der Waals surface area contributed by atoms with Crippen LogP contribution in [0.1, 0.15) is 32.1 Å². The van der Waals surface area contributed by atoms with Crippen molar-refractivity contribution in [2.45, 2.75) is 38.6 Å². The Hall–Kier alpha value is -1.09. The Labute approximate surface area is 127 Å². The first kappa shape index (κ1) is 13.9. The van der Waals surface area contributed by atoms with Crippen molar-refractivity contribution >= 4 is 26.7 Å². The van der Waals surface area contributed by atoms with Gasteiger partial charge in [0.05, 0.1) is 0 Å². The van der Waals surface area contributed by atoms with Crippen LogP contribution in [0.25, 0.3) is 10.8 Å². The maximum Gasteiger partial charge on any atom is 0.258 e. The van der Waals surface area contributed by atoms with Gasteiger partial charge in [0, 0.05) is 23.5 Å². The highest BCUT2D eigenvalue weighted by Gasteiger charge is 2.31. The average molecular weight is 334 g/mol. The standard InChI is InChI=1S/C17H20BrNO/c18-12-17(9-4-1-5-10-17)13-19-11-8-14-6-2-3-7-15(14)16(19)20/h2-3,6-8,11H,1,4-5,9-10,12-13H2. The van der Waals surface area contributed by atoms with Crippen LogP contribution in [0.4, 0.5) is 0 Å². The average Bonchev–Trinajstić information content (AvgIpc) is 2.51. The zero-order valence-electron chi connectivity index (χ0n) is 11.6. The van der Waals surface area contributed by atoms with E-state index in [0.29, 0.717) is 0 Å². The maximum absolute atomic E-state index is 12.6. The minimum atomic E-state index is 0.147. The smallest absolute Gasteiger partial charge is 0.258 e. The third-order valence-electron chi connectivity index (χ3n) is 4.59. The lowest BCUT2D eigenvalue weighted by Gasteiger charge is -2.36. The van der Waals surface area contributed by atoms with Gasteiger partial charge in [0.15, 0.2) is 0 Å². The molecule has 1 aromatic carbocycles. The van der Waals surface area contributed by atoms with Gasteiger partial charge in [0.2, 0.25) is 0 Å². The number of alkyl halides is 1. The largest absolute Gasteiger partial charge is 0.314 e. The summed E-state index contributed by atoms with van der Waals surface area (Å²) in [5.74, 6) is 0. The van der Waals surface area contributed by atoms with Gasteiger partial charge in [0.1, 0.15) is 0 Å². The minimum Gasteiger partial charge on any atom is -0.314 e. The van der Waals surface area contributed by atoms with Gasteiger partial charge in [-0.05, 0) is 35.8 Å². The molecule has 2 nitrogen and oxygen atoms in total. The first-order valence-electron chi connectivity index (χ1n) is 7.38. The fourth-order valence-electron chi connectivity index (χ4n) is 3.35. The monoisotopic (exact) mass is 333 g/mol. The van der Waals surface area contributed by atoms with Crippen molar-refractivity contribution in [3.8, 4) is 0 Å². The Morgan fingerprint density at radius 1 is 1.10 bits per heavy atom. The van der Waals surface area contributed by atoms with E-state index in [9.17, 15) is 4.79 Å². The van der Waals surface area contributed by atoms with Gasteiger partial charge in [0.25, 0.3) is 5.56 Å². The summed E-state index contributed by atoms with van der Waals surface area (Å²) in [6, 6.07) is 9.90. The molecule has 0 radical (unpaired) electrons. The van der Waals surface area contributed by atoms with Crippen LogP contribution in [0.2, 0.25) is 0 Å². The molecule has 106 valence electrons. The zero-order valence-corrected chi connectivity index (χ0v) is 13.2. The first-order valence-corrected chi connectivity index (χ1v) is 8.50. The number of hydrogen-bond acceptors (Lipinski definition) is 1. The fraction of sp³-hybridized carbons (Fsp3) is 0.471. The van der Waals surface area contributed by atoms with Crippen LogP contribution in [-0.4, -0.2) is 9.90 Å². The summed E-state index contributed by atoms with van der Waals surface area (Å²) in [5.41, 5.74) is 0.402. The molecule has 0 unspecified atom stereocenters. The third-order valence-corrected chi connectivity index (χ3v) is 5.78. The molecule has 1 saturated carbocycles. The molecular formula is C17H20BrNO. The van der Waals surface area contributed by atoms with Gasteiger partial charge in [-0.25, -0.2) is 0 Å². The number of nitrogens with zero attached hydrogens (tertiary/aromatic N) is 1. The van der Waals surface area contributed by atoms with Crippen LogP contribution in [-0.2, 0) is 6.54 Å². The second kappa shape index (κ2) is 5.72. The van der Waals surface area contributed by atoms with Crippen LogP contribution >= 0.6 is 15.9 Å². The second-order valence-electron chi connectivity index (χ2n) is 6.03. The number of pyridine rings is 1. The quantitative estimate of drug-likeness (QED) is 0.765. The molecule has 0 spiro atoms. The van der Waals surface area contributed by atoms with Crippen LogP contribution < -0.4 is 5.56 Å². The zero-order chi connectivity index (χ0) is 14.0. The van der Waals surface area contributed by atoms with Crippen molar-refractivity contribution in [3.63, 3.8) is 0 Å². The lowest BCUT2D eigenvalue weighted by Crippen LogP contribution is -2.35. The maximum atomic E-state index is 12.6. The minimum absolute atomic E-state index is 0.147. The molecule has 0 N–H and O–H groups in total. The molecule has 0 atom stereocenters. The van der Waals surface area contributed by atoms with Crippen LogP contribution in [0.3, 0.4) is 0 Å². The number of benzene rings is 1. The third kappa shape index (κ3) is 2.56. The molecule has 3 rings (SSSR count). The van der Waals surface area contributed by atoms with Gasteiger partial charge >= 0.3 is 0 Å². The highest BCUT2D eigenvalue weighted by molar-refractivity contribution is 9.09. The predicted octanol–water partition coefficient (Wildman–Crippen LogP) is 4.35. The Balaban J connectivity index is 1.98.